The molecule has 0 radical (unpaired) electrons. The zero-order valence-electron chi connectivity index (χ0n) is 6.31. The Kier molecular flexibility index (Phi) is 5.80. The predicted molar refractivity (Wildman–Crippen MR) is 41.6 cm³/mol. The molecule has 2 nitrogen and oxygen atoms in total. The van der Waals surface area contributed by atoms with Gasteiger partial charge in [-0.2, -0.15) is 0 Å². The highest BCUT2D eigenvalue weighted by Crippen LogP contribution is 1.85. The van der Waals surface area contributed by atoms with E-state index in [4.69, 9.17) is 6.42 Å². The molecular formula is C8H13NO. The molecule has 0 amide bonds. The summed E-state index contributed by atoms with van der Waals surface area (Å²) in [6.07, 6.45) is 5.77. The molecule has 0 aliphatic carbocycles. The Hall–Kier alpha value is -0.810. The van der Waals surface area contributed by atoms with Crippen LogP contribution in [0.25, 0.3) is 0 Å². The van der Waals surface area contributed by atoms with E-state index in [0.29, 0.717) is 6.42 Å². The van der Waals surface area contributed by atoms with Gasteiger partial charge in [0, 0.05) is 13.0 Å². The van der Waals surface area contributed by atoms with Crippen LogP contribution in [0.15, 0.2) is 0 Å². The molecule has 0 unspecified atom stereocenters. The molecule has 0 rings (SSSR count). The molecule has 0 aliphatic heterocycles. The molecular weight excluding hydrogens is 126 g/mol. The van der Waals surface area contributed by atoms with Crippen molar-refractivity contribution in [2.75, 3.05) is 13.1 Å². The molecule has 0 atom stereocenters. The maximum atomic E-state index is 10.7. The molecule has 0 aliphatic rings. The Bertz CT molecular complexity index is 135. The summed E-state index contributed by atoms with van der Waals surface area (Å²) in [7, 11) is 0. The van der Waals surface area contributed by atoms with Crippen molar-refractivity contribution in [2.24, 2.45) is 0 Å². The molecule has 0 bridgehead atoms. The van der Waals surface area contributed by atoms with Crippen LogP contribution in [-0.2, 0) is 4.79 Å². The van der Waals surface area contributed by atoms with E-state index in [1.54, 1.807) is 0 Å². The summed E-state index contributed by atoms with van der Waals surface area (Å²) in [4.78, 5) is 10.7. The smallest absolute Gasteiger partial charge is 0.146 e. The first-order chi connectivity index (χ1) is 4.81. The van der Waals surface area contributed by atoms with E-state index in [2.05, 4.69) is 11.2 Å². The fourth-order valence-corrected chi connectivity index (χ4v) is 0.607. The third-order valence-electron chi connectivity index (χ3n) is 1.13. The van der Waals surface area contributed by atoms with Gasteiger partial charge < -0.3 is 5.32 Å². The second-order valence-electron chi connectivity index (χ2n) is 2.02. The molecule has 1 N–H and O–H groups in total. The van der Waals surface area contributed by atoms with Crippen LogP contribution in [0.3, 0.4) is 0 Å². The molecule has 0 spiro atoms. The first kappa shape index (κ1) is 9.19. The minimum absolute atomic E-state index is 0.142. The Morgan fingerprint density at radius 2 is 2.40 bits per heavy atom. The van der Waals surface area contributed by atoms with E-state index >= 15 is 0 Å². The van der Waals surface area contributed by atoms with Crippen LogP contribution in [0.4, 0.5) is 0 Å². The number of terminal acetylenes is 1. The van der Waals surface area contributed by atoms with Gasteiger partial charge >= 0.3 is 0 Å². The third kappa shape index (κ3) is 5.33. The normalized spacial score (nSPS) is 8.80. The maximum Gasteiger partial charge on any atom is 0.146 e. The van der Waals surface area contributed by atoms with Gasteiger partial charge in [0.2, 0.25) is 0 Å². The predicted octanol–water partition coefficient (Wildman–Crippen LogP) is 0.578. The van der Waals surface area contributed by atoms with Crippen molar-refractivity contribution in [3.63, 3.8) is 0 Å². The molecule has 2 heteroatoms. The maximum absolute atomic E-state index is 10.7. The quantitative estimate of drug-likeness (QED) is 0.446. The van der Waals surface area contributed by atoms with Crippen molar-refractivity contribution in [1.29, 1.82) is 0 Å². The summed E-state index contributed by atoms with van der Waals surface area (Å²) >= 11 is 0. The molecule has 0 heterocycles. The number of carbonyl (C=O) groups excluding carboxylic acids is 1. The largest absolute Gasteiger partial charge is 0.317 e. The first-order valence-corrected chi connectivity index (χ1v) is 3.47. The Morgan fingerprint density at radius 1 is 1.70 bits per heavy atom. The topological polar surface area (TPSA) is 29.1 Å². The molecule has 0 saturated carbocycles. The standard InChI is InChI=1S/C8H13NO/c1-3-5-8(10)6-7-9-4-2/h1,9H,4-7H2,2H3. The Morgan fingerprint density at radius 3 is 2.90 bits per heavy atom. The molecule has 56 valence electrons. The van der Waals surface area contributed by atoms with Gasteiger partial charge in [0.1, 0.15) is 5.78 Å². The van der Waals surface area contributed by atoms with Crippen LogP contribution in [0.2, 0.25) is 0 Å². The summed E-state index contributed by atoms with van der Waals surface area (Å²) < 4.78 is 0. The van der Waals surface area contributed by atoms with Crippen molar-refractivity contribution >= 4 is 5.78 Å². The second kappa shape index (κ2) is 6.31. The number of Topliss-reactive ketones (excluding diaryl/α,β-unsaturated/α-hetero) is 1. The molecule has 10 heavy (non-hydrogen) atoms. The Labute approximate surface area is 62.0 Å². The number of carbonyl (C=O) groups is 1. The van der Waals surface area contributed by atoms with E-state index in [0.717, 1.165) is 13.1 Å². The van der Waals surface area contributed by atoms with E-state index in [1.807, 2.05) is 6.92 Å². The number of hydrogen-bond acceptors (Lipinski definition) is 2. The molecule has 0 fully saturated rings. The van der Waals surface area contributed by atoms with Crippen LogP contribution in [0.5, 0.6) is 0 Å². The fourth-order valence-electron chi connectivity index (χ4n) is 0.607. The zero-order chi connectivity index (χ0) is 7.82. The first-order valence-electron chi connectivity index (χ1n) is 3.47. The van der Waals surface area contributed by atoms with Crippen LogP contribution in [0.1, 0.15) is 19.8 Å². The van der Waals surface area contributed by atoms with Gasteiger partial charge in [-0.15, -0.1) is 6.42 Å². The highest BCUT2D eigenvalue weighted by Gasteiger charge is 1.96. The van der Waals surface area contributed by atoms with Gasteiger partial charge in [-0.1, -0.05) is 12.8 Å². The van der Waals surface area contributed by atoms with E-state index in [1.165, 1.54) is 0 Å². The minimum atomic E-state index is 0.142. The van der Waals surface area contributed by atoms with Crippen molar-refractivity contribution in [1.82, 2.24) is 5.32 Å². The minimum Gasteiger partial charge on any atom is -0.317 e. The summed E-state index contributed by atoms with van der Waals surface area (Å²) in [5, 5.41) is 3.05. The molecule has 0 aromatic heterocycles. The van der Waals surface area contributed by atoms with Crippen LogP contribution in [-0.4, -0.2) is 18.9 Å². The SMILES string of the molecule is C#CCC(=O)CCNCC. The highest BCUT2D eigenvalue weighted by molar-refractivity contribution is 5.80. The van der Waals surface area contributed by atoms with Gasteiger partial charge in [0.15, 0.2) is 0 Å². The van der Waals surface area contributed by atoms with Gasteiger partial charge in [0.05, 0.1) is 6.42 Å². The molecule has 0 aromatic carbocycles. The number of nitrogens with one attached hydrogen (secondary N) is 1. The summed E-state index contributed by atoms with van der Waals surface area (Å²) in [5.41, 5.74) is 0. The lowest BCUT2D eigenvalue weighted by atomic mass is 10.2. The summed E-state index contributed by atoms with van der Waals surface area (Å²) in [6, 6.07) is 0. The summed E-state index contributed by atoms with van der Waals surface area (Å²) in [5.74, 6) is 2.46. The number of ketones is 1. The second-order valence-corrected chi connectivity index (χ2v) is 2.02. The Balaban J connectivity index is 3.15. The lowest BCUT2D eigenvalue weighted by molar-refractivity contribution is -0.118. The van der Waals surface area contributed by atoms with Crippen molar-refractivity contribution in [2.45, 2.75) is 19.8 Å². The lowest BCUT2D eigenvalue weighted by Gasteiger charge is -1.96. The zero-order valence-corrected chi connectivity index (χ0v) is 6.31. The lowest BCUT2D eigenvalue weighted by Crippen LogP contribution is -2.17. The van der Waals surface area contributed by atoms with E-state index in [9.17, 15) is 4.79 Å². The van der Waals surface area contributed by atoms with Gasteiger partial charge in [0.25, 0.3) is 0 Å². The van der Waals surface area contributed by atoms with Crippen molar-refractivity contribution in [3.8, 4) is 12.3 Å². The van der Waals surface area contributed by atoms with E-state index < -0.39 is 0 Å². The van der Waals surface area contributed by atoms with Gasteiger partial charge in [-0.25, -0.2) is 0 Å². The van der Waals surface area contributed by atoms with Crippen LogP contribution in [0, 0.1) is 12.3 Å². The number of hydrogen-bond donors (Lipinski definition) is 1. The van der Waals surface area contributed by atoms with Crippen LogP contribution >= 0.6 is 0 Å². The van der Waals surface area contributed by atoms with Gasteiger partial charge in [-0.3, -0.25) is 4.79 Å². The average Bonchev–Trinajstić information content (AvgIpc) is 1.89. The van der Waals surface area contributed by atoms with Crippen LogP contribution < -0.4 is 5.32 Å². The van der Waals surface area contributed by atoms with Crippen molar-refractivity contribution < 1.29 is 4.79 Å². The summed E-state index contributed by atoms with van der Waals surface area (Å²) in [6.45, 7) is 3.66. The average molecular weight is 139 g/mol. The monoisotopic (exact) mass is 139 g/mol. The molecule has 0 saturated heterocycles. The van der Waals surface area contributed by atoms with Crippen molar-refractivity contribution in [3.05, 3.63) is 0 Å². The highest BCUT2D eigenvalue weighted by atomic mass is 16.1. The van der Waals surface area contributed by atoms with E-state index in [-0.39, 0.29) is 12.2 Å². The number of rotatable bonds is 5. The fraction of sp³-hybridized carbons (Fsp3) is 0.625. The molecule has 0 aromatic rings. The third-order valence-corrected chi connectivity index (χ3v) is 1.13. The van der Waals surface area contributed by atoms with Gasteiger partial charge in [-0.05, 0) is 6.54 Å².